The molecule has 0 radical (unpaired) electrons. The van der Waals surface area contributed by atoms with Crippen LogP contribution in [-0.4, -0.2) is 15.2 Å². The van der Waals surface area contributed by atoms with Gasteiger partial charge in [-0.15, -0.1) is 21.5 Å². The highest BCUT2D eigenvalue weighted by Gasteiger charge is 2.13. The molecule has 5 nitrogen and oxygen atoms in total. The molecule has 0 spiro atoms. The summed E-state index contributed by atoms with van der Waals surface area (Å²) in [5.74, 6) is 1.14. The van der Waals surface area contributed by atoms with E-state index in [9.17, 15) is 0 Å². The van der Waals surface area contributed by atoms with Gasteiger partial charge in [0.1, 0.15) is 5.01 Å². The first-order chi connectivity index (χ1) is 10.4. The molecule has 1 aromatic carbocycles. The van der Waals surface area contributed by atoms with Gasteiger partial charge in [-0.25, -0.2) is 4.98 Å². The summed E-state index contributed by atoms with van der Waals surface area (Å²) in [6.45, 7) is 2.67. The van der Waals surface area contributed by atoms with Crippen LogP contribution >= 0.6 is 11.3 Å². The summed E-state index contributed by atoms with van der Waals surface area (Å²) in [6, 6.07) is 9.99. The van der Waals surface area contributed by atoms with Crippen LogP contribution in [-0.2, 0) is 6.54 Å². The first kappa shape index (κ1) is 13.9. The monoisotopic (exact) mass is 300 g/mol. The lowest BCUT2D eigenvalue weighted by Crippen LogP contribution is -2.20. The van der Waals surface area contributed by atoms with Gasteiger partial charge in [0.2, 0.25) is 11.8 Å². The first-order valence-electron chi connectivity index (χ1n) is 6.87. The van der Waals surface area contributed by atoms with Crippen molar-refractivity contribution >= 4 is 11.3 Å². The Morgan fingerprint density at radius 3 is 2.81 bits per heavy atom. The minimum absolute atomic E-state index is 0.220. The summed E-state index contributed by atoms with van der Waals surface area (Å²) in [4.78, 5) is 4.34. The number of benzene rings is 1. The predicted molar refractivity (Wildman–Crippen MR) is 81.7 cm³/mol. The fourth-order valence-corrected chi connectivity index (χ4v) is 2.84. The SMILES string of the molecule is CCC(NCc1nnc(-c2ccccc2)o1)c1nccs1. The van der Waals surface area contributed by atoms with E-state index in [0.717, 1.165) is 17.0 Å². The number of aromatic nitrogens is 3. The average molecular weight is 300 g/mol. The second-order valence-electron chi connectivity index (χ2n) is 4.58. The minimum Gasteiger partial charge on any atom is -0.419 e. The van der Waals surface area contributed by atoms with E-state index in [0.29, 0.717) is 18.3 Å². The van der Waals surface area contributed by atoms with E-state index in [1.807, 2.05) is 41.9 Å². The van der Waals surface area contributed by atoms with E-state index in [1.165, 1.54) is 0 Å². The van der Waals surface area contributed by atoms with E-state index < -0.39 is 0 Å². The normalized spacial score (nSPS) is 12.4. The number of nitrogens with one attached hydrogen (secondary N) is 1. The molecule has 0 saturated heterocycles. The van der Waals surface area contributed by atoms with Gasteiger partial charge in [0.25, 0.3) is 0 Å². The topological polar surface area (TPSA) is 63.8 Å². The Morgan fingerprint density at radius 2 is 2.10 bits per heavy atom. The Hall–Kier alpha value is -2.05. The number of hydrogen-bond acceptors (Lipinski definition) is 6. The Morgan fingerprint density at radius 1 is 1.24 bits per heavy atom. The number of hydrogen-bond donors (Lipinski definition) is 1. The first-order valence-corrected chi connectivity index (χ1v) is 7.75. The molecule has 1 atom stereocenters. The highest BCUT2D eigenvalue weighted by Crippen LogP contribution is 2.20. The molecule has 2 aromatic heterocycles. The zero-order chi connectivity index (χ0) is 14.5. The lowest BCUT2D eigenvalue weighted by Gasteiger charge is -2.12. The number of nitrogens with zero attached hydrogens (tertiary/aromatic N) is 3. The third-order valence-electron chi connectivity index (χ3n) is 3.15. The highest BCUT2D eigenvalue weighted by molar-refractivity contribution is 7.09. The van der Waals surface area contributed by atoms with Gasteiger partial charge in [0.05, 0.1) is 12.6 Å². The number of thiazole rings is 1. The predicted octanol–water partition coefficient (Wildman–Crippen LogP) is 3.43. The highest BCUT2D eigenvalue weighted by atomic mass is 32.1. The van der Waals surface area contributed by atoms with Crippen LogP contribution in [0.15, 0.2) is 46.3 Å². The van der Waals surface area contributed by atoms with Crippen molar-refractivity contribution in [2.24, 2.45) is 0 Å². The summed E-state index contributed by atoms with van der Waals surface area (Å²) in [5, 5.41) is 14.6. The average Bonchev–Trinajstić information content (AvgIpc) is 3.20. The number of rotatable bonds is 6. The lowest BCUT2D eigenvalue weighted by atomic mass is 10.2. The van der Waals surface area contributed by atoms with Crippen LogP contribution in [0, 0.1) is 0 Å². The van der Waals surface area contributed by atoms with Gasteiger partial charge < -0.3 is 4.42 Å². The van der Waals surface area contributed by atoms with Gasteiger partial charge >= 0.3 is 0 Å². The maximum Gasteiger partial charge on any atom is 0.247 e. The zero-order valence-corrected chi connectivity index (χ0v) is 12.5. The van der Waals surface area contributed by atoms with Crippen LogP contribution in [0.2, 0.25) is 0 Å². The molecule has 3 rings (SSSR count). The summed E-state index contributed by atoms with van der Waals surface area (Å²) in [5.41, 5.74) is 0.934. The molecule has 0 fully saturated rings. The van der Waals surface area contributed by atoms with Gasteiger partial charge in [0, 0.05) is 17.1 Å². The quantitative estimate of drug-likeness (QED) is 0.755. The summed E-state index contributed by atoms with van der Waals surface area (Å²) in [7, 11) is 0. The maximum atomic E-state index is 5.68. The van der Waals surface area contributed by atoms with Crippen molar-refractivity contribution in [2.75, 3.05) is 0 Å². The molecule has 3 aromatic rings. The Kier molecular flexibility index (Phi) is 4.37. The van der Waals surface area contributed by atoms with Crippen LogP contribution in [0.1, 0.15) is 30.3 Å². The van der Waals surface area contributed by atoms with Crippen LogP contribution < -0.4 is 5.32 Å². The molecule has 0 bridgehead atoms. The second kappa shape index (κ2) is 6.60. The third kappa shape index (κ3) is 3.34. The van der Waals surface area contributed by atoms with E-state index in [1.54, 1.807) is 11.3 Å². The minimum atomic E-state index is 0.220. The zero-order valence-electron chi connectivity index (χ0n) is 11.7. The van der Waals surface area contributed by atoms with E-state index in [2.05, 4.69) is 27.4 Å². The van der Waals surface area contributed by atoms with Gasteiger partial charge in [-0.2, -0.15) is 0 Å². The lowest BCUT2D eigenvalue weighted by molar-refractivity contribution is 0.436. The second-order valence-corrected chi connectivity index (χ2v) is 5.51. The maximum absolute atomic E-state index is 5.68. The van der Waals surface area contributed by atoms with Crippen molar-refractivity contribution in [3.05, 3.63) is 52.8 Å². The molecule has 1 N–H and O–H groups in total. The largest absolute Gasteiger partial charge is 0.419 e. The smallest absolute Gasteiger partial charge is 0.247 e. The summed E-state index contributed by atoms with van der Waals surface area (Å²) >= 11 is 1.65. The van der Waals surface area contributed by atoms with E-state index in [4.69, 9.17) is 4.42 Å². The molecule has 2 heterocycles. The molecule has 0 saturated carbocycles. The Balaban J connectivity index is 1.65. The molecule has 0 aliphatic heterocycles. The Labute approximate surface area is 127 Å². The summed E-state index contributed by atoms with van der Waals surface area (Å²) in [6.07, 6.45) is 2.79. The molecular formula is C15H16N4OS. The fraction of sp³-hybridized carbons (Fsp3) is 0.267. The molecule has 1 unspecified atom stereocenters. The van der Waals surface area contributed by atoms with Crippen molar-refractivity contribution in [2.45, 2.75) is 25.9 Å². The Bertz CT molecular complexity index is 666. The molecule has 0 aliphatic rings. The van der Waals surface area contributed by atoms with Crippen molar-refractivity contribution in [1.82, 2.24) is 20.5 Å². The van der Waals surface area contributed by atoms with Crippen molar-refractivity contribution in [1.29, 1.82) is 0 Å². The van der Waals surface area contributed by atoms with Gasteiger partial charge in [-0.05, 0) is 18.6 Å². The van der Waals surface area contributed by atoms with Gasteiger partial charge in [-0.3, -0.25) is 5.32 Å². The molecule has 108 valence electrons. The van der Waals surface area contributed by atoms with Crippen LogP contribution in [0.5, 0.6) is 0 Å². The van der Waals surface area contributed by atoms with E-state index >= 15 is 0 Å². The molecule has 0 aliphatic carbocycles. The molecule has 6 heteroatoms. The third-order valence-corrected chi connectivity index (χ3v) is 4.03. The van der Waals surface area contributed by atoms with Crippen LogP contribution in [0.25, 0.3) is 11.5 Å². The van der Waals surface area contributed by atoms with E-state index in [-0.39, 0.29) is 6.04 Å². The molecule has 21 heavy (non-hydrogen) atoms. The van der Waals surface area contributed by atoms with Crippen molar-refractivity contribution < 1.29 is 4.42 Å². The van der Waals surface area contributed by atoms with Gasteiger partial charge in [0.15, 0.2) is 0 Å². The van der Waals surface area contributed by atoms with Crippen LogP contribution in [0.3, 0.4) is 0 Å². The van der Waals surface area contributed by atoms with Crippen molar-refractivity contribution in [3.63, 3.8) is 0 Å². The van der Waals surface area contributed by atoms with Crippen molar-refractivity contribution in [3.8, 4) is 11.5 Å². The standard InChI is InChI=1S/C15H16N4OS/c1-2-12(15-16-8-9-21-15)17-10-13-18-19-14(20-13)11-6-4-3-5-7-11/h3-9,12,17H,2,10H2,1H3. The summed E-state index contributed by atoms with van der Waals surface area (Å²) < 4.78 is 5.68. The fourth-order valence-electron chi connectivity index (χ4n) is 2.05. The van der Waals surface area contributed by atoms with Gasteiger partial charge in [-0.1, -0.05) is 25.1 Å². The molecule has 0 amide bonds. The van der Waals surface area contributed by atoms with Crippen LogP contribution in [0.4, 0.5) is 0 Å². The molecular weight excluding hydrogens is 284 g/mol.